The quantitative estimate of drug-likeness (QED) is 0.716. The van der Waals surface area contributed by atoms with Crippen molar-refractivity contribution >= 4 is 6.01 Å². The Hall–Kier alpha value is -1.99. The number of anilines is 1. The molecule has 2 aromatic rings. The van der Waals surface area contributed by atoms with Gasteiger partial charge in [-0.3, -0.25) is 4.98 Å². The van der Waals surface area contributed by atoms with Gasteiger partial charge in [0, 0.05) is 26.9 Å². The van der Waals surface area contributed by atoms with Gasteiger partial charge in [-0.2, -0.15) is 0 Å². The van der Waals surface area contributed by atoms with Crippen LogP contribution in [0.4, 0.5) is 6.01 Å². The summed E-state index contributed by atoms with van der Waals surface area (Å²) in [6, 6.07) is 6.29. The molecule has 2 rings (SSSR count). The zero-order valence-electron chi connectivity index (χ0n) is 11.7. The van der Waals surface area contributed by atoms with Crippen LogP contribution < -0.4 is 10.2 Å². The summed E-state index contributed by atoms with van der Waals surface area (Å²) in [6.45, 7) is 2.56. The Kier molecular flexibility index (Phi) is 5.45. The molecule has 7 nitrogen and oxygen atoms in total. The molecule has 0 fully saturated rings. The molecular formula is C13H19N5O2. The third kappa shape index (κ3) is 4.29. The van der Waals surface area contributed by atoms with E-state index in [9.17, 15) is 0 Å². The lowest BCUT2D eigenvalue weighted by atomic mass is 10.3. The predicted molar refractivity (Wildman–Crippen MR) is 74.2 cm³/mol. The van der Waals surface area contributed by atoms with E-state index in [-0.39, 0.29) is 0 Å². The zero-order valence-corrected chi connectivity index (χ0v) is 11.7. The molecule has 0 saturated heterocycles. The van der Waals surface area contributed by atoms with Crippen molar-refractivity contribution in [3.63, 3.8) is 0 Å². The zero-order chi connectivity index (χ0) is 14.2. The highest BCUT2D eigenvalue weighted by atomic mass is 16.5. The fraction of sp³-hybridized carbons (Fsp3) is 0.462. The van der Waals surface area contributed by atoms with E-state index in [0.29, 0.717) is 31.6 Å². The Morgan fingerprint density at radius 2 is 2.25 bits per heavy atom. The van der Waals surface area contributed by atoms with Gasteiger partial charge in [-0.15, -0.1) is 5.10 Å². The summed E-state index contributed by atoms with van der Waals surface area (Å²) in [5.74, 6) is 0.559. The standard InChI is InChI=1S/C13H19N5O2/c1-18(10-11-5-3-4-6-15-11)13-17-16-12(20-13)9-14-7-8-19-2/h3-6,14H,7-10H2,1-2H3. The summed E-state index contributed by atoms with van der Waals surface area (Å²) in [7, 11) is 3.56. The molecule has 0 aliphatic rings. The van der Waals surface area contributed by atoms with E-state index in [1.807, 2.05) is 30.1 Å². The van der Waals surface area contributed by atoms with Crippen LogP contribution in [0.25, 0.3) is 0 Å². The van der Waals surface area contributed by atoms with Crippen LogP contribution in [-0.4, -0.2) is 42.5 Å². The largest absolute Gasteiger partial charge is 0.407 e. The number of ether oxygens (including phenoxy) is 1. The molecule has 2 aromatic heterocycles. The van der Waals surface area contributed by atoms with Gasteiger partial charge in [0.25, 0.3) is 0 Å². The van der Waals surface area contributed by atoms with Gasteiger partial charge >= 0.3 is 6.01 Å². The minimum absolute atomic E-state index is 0.485. The number of rotatable bonds is 8. The first-order chi connectivity index (χ1) is 9.79. The van der Waals surface area contributed by atoms with E-state index < -0.39 is 0 Å². The van der Waals surface area contributed by atoms with E-state index in [4.69, 9.17) is 9.15 Å². The van der Waals surface area contributed by atoms with E-state index in [1.165, 1.54) is 0 Å². The molecule has 1 N–H and O–H groups in total. The molecular weight excluding hydrogens is 258 g/mol. The first kappa shape index (κ1) is 14.4. The average molecular weight is 277 g/mol. The molecule has 0 unspecified atom stereocenters. The van der Waals surface area contributed by atoms with Crippen molar-refractivity contribution in [2.45, 2.75) is 13.1 Å². The van der Waals surface area contributed by atoms with E-state index in [2.05, 4.69) is 20.5 Å². The van der Waals surface area contributed by atoms with Crippen LogP contribution >= 0.6 is 0 Å². The minimum Gasteiger partial charge on any atom is -0.407 e. The van der Waals surface area contributed by atoms with Gasteiger partial charge in [-0.05, 0) is 12.1 Å². The van der Waals surface area contributed by atoms with Gasteiger partial charge in [0.1, 0.15) is 0 Å². The van der Waals surface area contributed by atoms with Crippen LogP contribution in [0, 0.1) is 0 Å². The molecule has 0 spiro atoms. The SMILES string of the molecule is COCCNCc1nnc(N(C)Cc2ccccn2)o1. The van der Waals surface area contributed by atoms with Crippen LogP contribution in [0.3, 0.4) is 0 Å². The van der Waals surface area contributed by atoms with Crippen LogP contribution in [0.15, 0.2) is 28.8 Å². The fourth-order valence-corrected chi connectivity index (χ4v) is 1.64. The highest BCUT2D eigenvalue weighted by molar-refractivity contribution is 5.24. The number of pyridine rings is 1. The summed E-state index contributed by atoms with van der Waals surface area (Å²) >= 11 is 0. The molecule has 0 bridgehead atoms. The minimum atomic E-state index is 0.485. The van der Waals surface area contributed by atoms with Crippen molar-refractivity contribution in [2.75, 3.05) is 32.2 Å². The number of nitrogens with zero attached hydrogens (tertiary/aromatic N) is 4. The first-order valence-corrected chi connectivity index (χ1v) is 6.42. The van der Waals surface area contributed by atoms with Gasteiger partial charge in [-0.1, -0.05) is 11.2 Å². The third-order valence-electron chi connectivity index (χ3n) is 2.67. The first-order valence-electron chi connectivity index (χ1n) is 6.42. The molecule has 0 aromatic carbocycles. The van der Waals surface area contributed by atoms with Crippen molar-refractivity contribution in [3.8, 4) is 0 Å². The lowest BCUT2D eigenvalue weighted by Crippen LogP contribution is -2.18. The molecule has 0 aliphatic carbocycles. The second-order valence-electron chi connectivity index (χ2n) is 4.33. The molecule has 2 heterocycles. The third-order valence-corrected chi connectivity index (χ3v) is 2.67. The Balaban J connectivity index is 1.84. The molecule has 108 valence electrons. The molecule has 0 atom stereocenters. The molecule has 0 amide bonds. The highest BCUT2D eigenvalue weighted by Crippen LogP contribution is 2.12. The van der Waals surface area contributed by atoms with Crippen molar-refractivity contribution < 1.29 is 9.15 Å². The summed E-state index contributed by atoms with van der Waals surface area (Å²) < 4.78 is 10.5. The van der Waals surface area contributed by atoms with Crippen LogP contribution in [0.2, 0.25) is 0 Å². The van der Waals surface area contributed by atoms with Crippen molar-refractivity contribution in [3.05, 3.63) is 36.0 Å². The number of hydrogen-bond acceptors (Lipinski definition) is 7. The number of hydrogen-bond donors (Lipinski definition) is 1. The smallest absolute Gasteiger partial charge is 0.318 e. The van der Waals surface area contributed by atoms with Gasteiger partial charge in [0.15, 0.2) is 0 Å². The summed E-state index contributed by atoms with van der Waals surface area (Å²) in [5, 5.41) is 11.2. The second kappa shape index (κ2) is 7.56. The van der Waals surface area contributed by atoms with Crippen LogP contribution in [0.1, 0.15) is 11.6 Å². The average Bonchev–Trinajstić information content (AvgIpc) is 2.94. The number of nitrogens with one attached hydrogen (secondary N) is 1. The molecule has 0 aliphatic heterocycles. The predicted octanol–water partition coefficient (Wildman–Crippen LogP) is 0.837. The summed E-state index contributed by atoms with van der Waals surface area (Å²) in [6.07, 6.45) is 1.77. The van der Waals surface area contributed by atoms with Gasteiger partial charge in [0.2, 0.25) is 5.89 Å². The fourth-order valence-electron chi connectivity index (χ4n) is 1.64. The number of aromatic nitrogens is 3. The normalized spacial score (nSPS) is 10.7. The van der Waals surface area contributed by atoms with Crippen molar-refractivity contribution in [1.29, 1.82) is 0 Å². The molecule has 0 radical (unpaired) electrons. The summed E-state index contributed by atoms with van der Waals surface area (Å²) in [4.78, 5) is 6.13. The maximum Gasteiger partial charge on any atom is 0.318 e. The van der Waals surface area contributed by atoms with Gasteiger partial charge in [0.05, 0.1) is 25.4 Å². The second-order valence-corrected chi connectivity index (χ2v) is 4.33. The van der Waals surface area contributed by atoms with E-state index in [1.54, 1.807) is 13.3 Å². The maximum atomic E-state index is 5.57. The molecule has 20 heavy (non-hydrogen) atoms. The van der Waals surface area contributed by atoms with Gasteiger partial charge in [-0.25, -0.2) is 0 Å². The molecule has 0 saturated carbocycles. The number of methoxy groups -OCH3 is 1. The Bertz CT molecular complexity index is 502. The van der Waals surface area contributed by atoms with E-state index in [0.717, 1.165) is 12.2 Å². The maximum absolute atomic E-state index is 5.57. The lowest BCUT2D eigenvalue weighted by molar-refractivity contribution is 0.198. The monoisotopic (exact) mass is 277 g/mol. The van der Waals surface area contributed by atoms with Crippen LogP contribution in [0.5, 0.6) is 0 Å². The topological polar surface area (TPSA) is 76.3 Å². The van der Waals surface area contributed by atoms with E-state index >= 15 is 0 Å². The van der Waals surface area contributed by atoms with Crippen molar-refractivity contribution in [1.82, 2.24) is 20.5 Å². The summed E-state index contributed by atoms with van der Waals surface area (Å²) in [5.41, 5.74) is 0.952. The Morgan fingerprint density at radius 1 is 1.35 bits per heavy atom. The lowest BCUT2D eigenvalue weighted by Gasteiger charge is -2.12. The Morgan fingerprint density at radius 3 is 3.00 bits per heavy atom. The Labute approximate surface area is 118 Å². The molecule has 7 heteroatoms. The van der Waals surface area contributed by atoms with Crippen LogP contribution in [-0.2, 0) is 17.8 Å². The van der Waals surface area contributed by atoms with Gasteiger partial charge < -0.3 is 19.4 Å². The van der Waals surface area contributed by atoms with Crippen molar-refractivity contribution in [2.24, 2.45) is 0 Å². The highest BCUT2D eigenvalue weighted by Gasteiger charge is 2.11.